The van der Waals surface area contributed by atoms with E-state index in [-0.39, 0.29) is 11.4 Å². The van der Waals surface area contributed by atoms with Crippen molar-refractivity contribution in [2.75, 3.05) is 30.1 Å². The molecule has 1 aliphatic heterocycles. The Hall–Kier alpha value is -1.03. The smallest absolute Gasteiger partial charge is 0.416 e. The first-order chi connectivity index (χ1) is 14.6. The summed E-state index contributed by atoms with van der Waals surface area (Å²) in [5.74, 6) is -0.728. The quantitative estimate of drug-likeness (QED) is 0.256. The summed E-state index contributed by atoms with van der Waals surface area (Å²) in [4.78, 5) is 40.9. The van der Waals surface area contributed by atoms with Crippen molar-refractivity contribution < 1.29 is 28.6 Å². The van der Waals surface area contributed by atoms with E-state index in [9.17, 15) is 14.4 Å². The Kier molecular flexibility index (Phi) is 8.57. The van der Waals surface area contributed by atoms with Gasteiger partial charge in [0.05, 0.1) is 18.5 Å². The van der Waals surface area contributed by atoms with Crippen molar-refractivity contribution in [1.29, 1.82) is 0 Å². The average Bonchev–Trinajstić information content (AvgIpc) is 3.04. The molecule has 0 fully saturated rings. The van der Waals surface area contributed by atoms with Crippen molar-refractivity contribution in [1.82, 2.24) is 0 Å². The van der Waals surface area contributed by atoms with Crippen LogP contribution in [0.1, 0.15) is 13.8 Å². The molecule has 0 aliphatic carbocycles. The van der Waals surface area contributed by atoms with Gasteiger partial charge in [-0.3, -0.25) is 14.6 Å². The number of carbonyl (C=O) groups excluding carboxylic acids is 3. The van der Waals surface area contributed by atoms with Gasteiger partial charge in [0.2, 0.25) is 7.59 Å². The summed E-state index contributed by atoms with van der Waals surface area (Å²) >= 11 is 34.1. The van der Waals surface area contributed by atoms with E-state index in [1.165, 1.54) is 33.1 Å². The number of fused-ring (bicyclic) bond motifs is 1. The van der Waals surface area contributed by atoms with Crippen LogP contribution in [0.25, 0.3) is 0 Å². The van der Waals surface area contributed by atoms with Crippen LogP contribution in [0.15, 0.2) is 24.3 Å². The van der Waals surface area contributed by atoms with E-state index in [1.807, 2.05) is 0 Å². The number of para-hydroxylation sites is 2. The number of esters is 1. The molecule has 0 unspecified atom stereocenters. The minimum Gasteiger partial charge on any atom is -0.468 e. The number of rotatable bonds is 4. The van der Waals surface area contributed by atoms with Gasteiger partial charge in [-0.05, 0) is 26.0 Å². The average molecular weight is 571 g/mol. The Morgan fingerprint density at radius 2 is 1.22 bits per heavy atom. The van der Waals surface area contributed by atoms with Gasteiger partial charge in [0.1, 0.15) is 24.8 Å². The third-order valence-corrected chi connectivity index (χ3v) is 5.01. The molecule has 0 saturated heterocycles. The van der Waals surface area contributed by atoms with Crippen LogP contribution in [-0.2, 0) is 19.0 Å². The molecule has 2 rings (SSSR count). The Bertz CT molecular complexity index is 828. The summed E-state index contributed by atoms with van der Waals surface area (Å²) in [6.07, 6.45) is -3.26. The van der Waals surface area contributed by atoms with Crippen LogP contribution < -0.4 is 9.80 Å². The van der Waals surface area contributed by atoms with E-state index in [2.05, 4.69) is 0 Å². The number of alkyl halides is 6. The van der Waals surface area contributed by atoms with Crippen molar-refractivity contribution in [3.63, 3.8) is 0 Å². The van der Waals surface area contributed by atoms with Crippen molar-refractivity contribution in [3.05, 3.63) is 24.3 Å². The standard InChI is InChI=1S/C18H18Cl6N2O6/c1-16(2,13(27)30-3)12-25(14(28)31-8-17(19,20)21)10-6-4-5-7-11(10)26(12)15(29)32-9-18(22,23)24/h4-7,12H,8-9H2,1-3H3. The number of nitrogens with zero attached hydrogens (tertiary/aromatic N) is 2. The van der Waals surface area contributed by atoms with Gasteiger partial charge >= 0.3 is 18.2 Å². The van der Waals surface area contributed by atoms with Gasteiger partial charge in [0, 0.05) is 0 Å². The van der Waals surface area contributed by atoms with Gasteiger partial charge in [-0.2, -0.15) is 0 Å². The second-order valence-corrected chi connectivity index (χ2v) is 12.2. The molecule has 8 nitrogen and oxygen atoms in total. The second kappa shape index (κ2) is 10.1. The van der Waals surface area contributed by atoms with Crippen LogP contribution in [0.2, 0.25) is 0 Å². The van der Waals surface area contributed by atoms with Crippen molar-refractivity contribution >= 4 is 99.1 Å². The largest absolute Gasteiger partial charge is 0.468 e. The maximum Gasteiger partial charge on any atom is 0.416 e. The highest BCUT2D eigenvalue weighted by Gasteiger charge is 2.55. The van der Waals surface area contributed by atoms with Crippen LogP contribution in [-0.4, -0.2) is 52.2 Å². The third kappa shape index (κ3) is 6.30. The van der Waals surface area contributed by atoms with Crippen molar-refractivity contribution in [3.8, 4) is 0 Å². The lowest BCUT2D eigenvalue weighted by molar-refractivity contribution is -0.151. The van der Waals surface area contributed by atoms with Crippen LogP contribution in [0, 0.1) is 5.41 Å². The summed E-state index contributed by atoms with van der Waals surface area (Å²) in [5, 5.41) is 0. The first-order valence-electron chi connectivity index (χ1n) is 8.83. The predicted molar refractivity (Wildman–Crippen MR) is 124 cm³/mol. The molecule has 0 spiro atoms. The van der Waals surface area contributed by atoms with Crippen LogP contribution in [0.5, 0.6) is 0 Å². The molecule has 1 aliphatic rings. The van der Waals surface area contributed by atoms with Crippen LogP contribution in [0.3, 0.4) is 0 Å². The number of benzene rings is 1. The molecule has 1 aromatic carbocycles. The minimum atomic E-state index is -1.88. The molecular weight excluding hydrogens is 553 g/mol. The van der Waals surface area contributed by atoms with Gasteiger partial charge in [0.15, 0.2) is 0 Å². The normalized spacial score (nSPS) is 14.8. The Morgan fingerprint density at radius 3 is 1.53 bits per heavy atom. The zero-order chi connectivity index (χ0) is 24.5. The lowest BCUT2D eigenvalue weighted by Gasteiger charge is -2.38. The zero-order valence-corrected chi connectivity index (χ0v) is 21.4. The monoisotopic (exact) mass is 568 g/mol. The van der Waals surface area contributed by atoms with Crippen molar-refractivity contribution in [2.45, 2.75) is 27.6 Å². The highest BCUT2D eigenvalue weighted by molar-refractivity contribution is 6.68. The summed E-state index contributed by atoms with van der Waals surface area (Å²) < 4.78 is 11.4. The van der Waals surface area contributed by atoms with Gasteiger partial charge in [-0.1, -0.05) is 81.7 Å². The minimum absolute atomic E-state index is 0.231. The summed E-state index contributed by atoms with van der Waals surface area (Å²) in [6.45, 7) is 1.77. The second-order valence-electron chi connectivity index (χ2n) is 7.16. The maximum atomic E-state index is 13.0. The number of hydrogen-bond donors (Lipinski definition) is 0. The number of halogens is 6. The number of anilines is 2. The van der Waals surface area contributed by atoms with Crippen LogP contribution in [0.4, 0.5) is 21.0 Å². The van der Waals surface area contributed by atoms with Gasteiger partial charge in [0.25, 0.3) is 0 Å². The summed E-state index contributed by atoms with van der Waals surface area (Å²) in [7, 11) is 1.17. The highest BCUT2D eigenvalue weighted by Crippen LogP contribution is 2.47. The van der Waals surface area contributed by atoms with Crippen LogP contribution >= 0.6 is 69.6 Å². The number of amides is 2. The maximum absolute atomic E-state index is 13.0. The molecule has 0 bridgehead atoms. The molecule has 0 aromatic heterocycles. The first-order valence-corrected chi connectivity index (χ1v) is 11.1. The van der Waals surface area contributed by atoms with E-state index in [1.54, 1.807) is 12.1 Å². The molecule has 1 heterocycles. The van der Waals surface area contributed by atoms with E-state index in [4.69, 9.17) is 83.8 Å². The topological polar surface area (TPSA) is 85.4 Å². The Labute approximate surface area is 214 Å². The fourth-order valence-corrected chi connectivity index (χ4v) is 3.41. The molecule has 178 valence electrons. The highest BCUT2D eigenvalue weighted by atomic mass is 35.6. The van der Waals surface area contributed by atoms with E-state index < -0.39 is 50.5 Å². The van der Waals surface area contributed by atoms with Gasteiger partial charge in [-0.25, -0.2) is 9.59 Å². The fourth-order valence-electron chi connectivity index (χ4n) is 3.09. The SMILES string of the molecule is COC(=O)C(C)(C)C1N(C(=O)OCC(Cl)(Cl)Cl)c2ccccc2N1C(=O)OCC(Cl)(Cl)Cl. The molecule has 0 radical (unpaired) electrons. The third-order valence-electron chi connectivity index (χ3n) is 4.36. The number of methoxy groups -OCH3 is 1. The Balaban J connectivity index is 2.57. The number of ether oxygens (including phenoxy) is 3. The molecular formula is C18H18Cl6N2O6. The fraction of sp³-hybridized carbons (Fsp3) is 0.500. The van der Waals surface area contributed by atoms with Crippen molar-refractivity contribution in [2.24, 2.45) is 5.41 Å². The predicted octanol–water partition coefficient (Wildman–Crippen LogP) is 5.85. The lowest BCUT2D eigenvalue weighted by atomic mass is 9.88. The molecule has 2 amide bonds. The number of hydrogen-bond acceptors (Lipinski definition) is 6. The molecule has 32 heavy (non-hydrogen) atoms. The van der Waals surface area contributed by atoms with E-state index >= 15 is 0 Å². The zero-order valence-electron chi connectivity index (χ0n) is 16.9. The number of carbonyl (C=O) groups is 3. The van der Waals surface area contributed by atoms with E-state index in [0.29, 0.717) is 0 Å². The summed E-state index contributed by atoms with van der Waals surface area (Å²) in [5.41, 5.74) is -1.02. The molecule has 0 N–H and O–H groups in total. The molecule has 0 atom stereocenters. The summed E-state index contributed by atoms with van der Waals surface area (Å²) in [6, 6.07) is 6.31. The van der Waals surface area contributed by atoms with E-state index in [0.717, 1.165) is 9.80 Å². The molecule has 14 heteroatoms. The van der Waals surface area contributed by atoms with Gasteiger partial charge < -0.3 is 14.2 Å². The lowest BCUT2D eigenvalue weighted by Crippen LogP contribution is -2.59. The first kappa shape index (κ1) is 27.2. The molecule has 0 saturated carbocycles. The Morgan fingerprint density at radius 1 is 0.844 bits per heavy atom. The molecule has 1 aromatic rings. The van der Waals surface area contributed by atoms with Gasteiger partial charge in [-0.15, -0.1) is 0 Å².